The Morgan fingerprint density at radius 1 is 1.00 bits per heavy atom. The van der Waals surface area contributed by atoms with Crippen LogP contribution in [-0.2, 0) is 0 Å². The van der Waals surface area contributed by atoms with Crippen LogP contribution in [0.5, 0.6) is 0 Å². The van der Waals surface area contributed by atoms with Crippen LogP contribution in [-0.4, -0.2) is 61.7 Å². The molecule has 3 unspecified atom stereocenters. The van der Waals surface area contributed by atoms with Crippen LogP contribution in [0.2, 0.25) is 0 Å². The van der Waals surface area contributed by atoms with Crippen molar-refractivity contribution >= 4 is 0 Å². The van der Waals surface area contributed by atoms with E-state index in [1.165, 1.54) is 58.2 Å². The van der Waals surface area contributed by atoms with Crippen LogP contribution in [0.3, 0.4) is 0 Å². The first-order valence-electron chi connectivity index (χ1n) is 7.89. The van der Waals surface area contributed by atoms with Gasteiger partial charge in [-0.15, -0.1) is 0 Å². The lowest BCUT2D eigenvalue weighted by Gasteiger charge is -2.43. The molecule has 3 rings (SSSR count). The lowest BCUT2D eigenvalue weighted by molar-refractivity contribution is 0.0658. The molecule has 0 aromatic carbocycles. The van der Waals surface area contributed by atoms with E-state index in [9.17, 15) is 0 Å². The molecule has 18 heavy (non-hydrogen) atoms. The van der Waals surface area contributed by atoms with Crippen molar-refractivity contribution in [3.63, 3.8) is 0 Å². The molecule has 2 bridgehead atoms. The topological polar surface area (TPSA) is 18.5 Å². The zero-order valence-corrected chi connectivity index (χ0v) is 12.1. The van der Waals surface area contributed by atoms with E-state index in [1.54, 1.807) is 0 Å². The predicted molar refractivity (Wildman–Crippen MR) is 75.8 cm³/mol. The Balaban J connectivity index is 1.56. The fourth-order valence-electron chi connectivity index (χ4n) is 4.51. The highest BCUT2D eigenvalue weighted by molar-refractivity contribution is 4.94. The summed E-state index contributed by atoms with van der Waals surface area (Å²) in [6, 6.07) is 2.51. The van der Waals surface area contributed by atoms with Crippen LogP contribution in [0.25, 0.3) is 0 Å². The summed E-state index contributed by atoms with van der Waals surface area (Å²) in [5.41, 5.74) is 0. The third kappa shape index (κ3) is 2.45. The molecule has 104 valence electrons. The highest BCUT2D eigenvalue weighted by Crippen LogP contribution is 2.33. The SMILES string of the molecule is CNC1CCC(N(C)C2CCN3CCC2C3)CC1. The van der Waals surface area contributed by atoms with Gasteiger partial charge in [0, 0.05) is 24.7 Å². The molecule has 3 heteroatoms. The van der Waals surface area contributed by atoms with Gasteiger partial charge in [0.2, 0.25) is 0 Å². The third-order valence-corrected chi connectivity index (χ3v) is 5.80. The van der Waals surface area contributed by atoms with Gasteiger partial charge in [0.25, 0.3) is 0 Å². The maximum Gasteiger partial charge on any atom is 0.0148 e. The summed E-state index contributed by atoms with van der Waals surface area (Å²) in [7, 11) is 4.52. The van der Waals surface area contributed by atoms with E-state index in [-0.39, 0.29) is 0 Å². The lowest BCUT2D eigenvalue weighted by Crippen LogP contribution is -2.50. The Kier molecular flexibility index (Phi) is 3.92. The molecule has 2 heterocycles. The maximum atomic E-state index is 3.44. The summed E-state index contributed by atoms with van der Waals surface area (Å²) in [5, 5.41) is 3.44. The molecule has 2 aliphatic heterocycles. The number of rotatable bonds is 3. The van der Waals surface area contributed by atoms with Gasteiger partial charge in [0.15, 0.2) is 0 Å². The Bertz CT molecular complexity index is 273. The minimum absolute atomic E-state index is 0.781. The summed E-state index contributed by atoms with van der Waals surface area (Å²) in [6.07, 6.45) is 8.39. The van der Waals surface area contributed by atoms with Crippen molar-refractivity contribution in [2.45, 2.75) is 56.7 Å². The first-order chi connectivity index (χ1) is 8.78. The second kappa shape index (κ2) is 5.48. The molecule has 0 aromatic heterocycles. The molecule has 1 N–H and O–H groups in total. The quantitative estimate of drug-likeness (QED) is 0.821. The summed E-state index contributed by atoms with van der Waals surface area (Å²) >= 11 is 0. The van der Waals surface area contributed by atoms with Crippen LogP contribution in [0.15, 0.2) is 0 Å². The number of hydrogen-bond donors (Lipinski definition) is 1. The zero-order valence-electron chi connectivity index (χ0n) is 12.1. The van der Waals surface area contributed by atoms with Gasteiger partial charge >= 0.3 is 0 Å². The van der Waals surface area contributed by atoms with Gasteiger partial charge in [-0.25, -0.2) is 0 Å². The van der Waals surface area contributed by atoms with Crippen LogP contribution in [0.1, 0.15) is 38.5 Å². The number of nitrogens with one attached hydrogen (secondary N) is 1. The Labute approximate surface area is 112 Å². The van der Waals surface area contributed by atoms with Gasteiger partial charge in [-0.1, -0.05) is 0 Å². The largest absolute Gasteiger partial charge is 0.317 e. The van der Waals surface area contributed by atoms with Gasteiger partial charge in [-0.3, -0.25) is 0 Å². The molecule has 3 atom stereocenters. The lowest BCUT2D eigenvalue weighted by atomic mass is 9.86. The standard InChI is InChI=1S/C15H29N3/c1-16-13-3-5-14(6-4-13)17(2)15-8-10-18-9-7-12(15)11-18/h12-16H,3-11H2,1-2H3. The first-order valence-corrected chi connectivity index (χ1v) is 7.89. The van der Waals surface area contributed by atoms with Crippen LogP contribution in [0.4, 0.5) is 0 Å². The molecule has 0 aromatic rings. The van der Waals surface area contributed by atoms with E-state index >= 15 is 0 Å². The second-order valence-electron chi connectivity index (χ2n) is 6.66. The van der Waals surface area contributed by atoms with Crippen molar-refractivity contribution in [2.75, 3.05) is 33.7 Å². The summed E-state index contributed by atoms with van der Waals surface area (Å²) < 4.78 is 0. The third-order valence-electron chi connectivity index (χ3n) is 5.80. The van der Waals surface area contributed by atoms with Crippen molar-refractivity contribution in [1.82, 2.24) is 15.1 Å². The van der Waals surface area contributed by atoms with Gasteiger partial charge in [-0.05, 0) is 71.6 Å². The van der Waals surface area contributed by atoms with E-state index in [1.807, 2.05) is 0 Å². The summed E-state index contributed by atoms with van der Waals surface area (Å²) in [4.78, 5) is 5.42. The van der Waals surface area contributed by atoms with Crippen molar-refractivity contribution in [3.8, 4) is 0 Å². The van der Waals surface area contributed by atoms with Gasteiger partial charge in [0.05, 0.1) is 0 Å². The van der Waals surface area contributed by atoms with Crippen LogP contribution < -0.4 is 5.32 Å². The van der Waals surface area contributed by atoms with E-state index < -0.39 is 0 Å². The van der Waals surface area contributed by atoms with Crippen LogP contribution >= 0.6 is 0 Å². The van der Waals surface area contributed by atoms with Crippen molar-refractivity contribution in [3.05, 3.63) is 0 Å². The predicted octanol–water partition coefficient (Wildman–Crippen LogP) is 1.54. The highest BCUT2D eigenvalue weighted by atomic mass is 15.2. The zero-order chi connectivity index (χ0) is 12.5. The maximum absolute atomic E-state index is 3.44. The van der Waals surface area contributed by atoms with E-state index in [2.05, 4.69) is 29.2 Å². The Morgan fingerprint density at radius 2 is 1.72 bits per heavy atom. The average Bonchev–Trinajstić information content (AvgIpc) is 2.80. The Hall–Kier alpha value is -0.120. The highest BCUT2D eigenvalue weighted by Gasteiger charge is 2.38. The summed E-state index contributed by atoms with van der Waals surface area (Å²) in [6.45, 7) is 4.08. The number of piperidine rings is 1. The normalized spacial score (nSPS) is 44.5. The van der Waals surface area contributed by atoms with E-state index in [4.69, 9.17) is 0 Å². The molecule has 1 saturated carbocycles. The van der Waals surface area contributed by atoms with E-state index in [0.717, 1.165) is 24.0 Å². The molecular weight excluding hydrogens is 222 g/mol. The van der Waals surface area contributed by atoms with Gasteiger partial charge in [0.1, 0.15) is 0 Å². The molecule has 3 fully saturated rings. The minimum atomic E-state index is 0.781. The van der Waals surface area contributed by atoms with Gasteiger partial charge < -0.3 is 15.1 Å². The number of hydrogen-bond acceptors (Lipinski definition) is 3. The monoisotopic (exact) mass is 251 g/mol. The molecule has 1 aliphatic carbocycles. The molecular formula is C15H29N3. The molecule has 0 radical (unpaired) electrons. The summed E-state index contributed by atoms with van der Waals surface area (Å²) in [5.74, 6) is 0.964. The second-order valence-corrected chi connectivity index (χ2v) is 6.66. The molecule has 0 amide bonds. The number of nitrogens with zero attached hydrogens (tertiary/aromatic N) is 2. The molecule has 3 nitrogen and oxygen atoms in total. The minimum Gasteiger partial charge on any atom is -0.317 e. The average molecular weight is 251 g/mol. The fourth-order valence-corrected chi connectivity index (χ4v) is 4.51. The smallest absolute Gasteiger partial charge is 0.0148 e. The van der Waals surface area contributed by atoms with Crippen molar-refractivity contribution < 1.29 is 0 Å². The van der Waals surface area contributed by atoms with E-state index in [0.29, 0.717) is 0 Å². The van der Waals surface area contributed by atoms with Crippen molar-refractivity contribution in [1.29, 1.82) is 0 Å². The first kappa shape index (κ1) is 12.9. The molecule has 2 saturated heterocycles. The molecule has 0 spiro atoms. The van der Waals surface area contributed by atoms with Crippen LogP contribution in [0, 0.1) is 5.92 Å². The van der Waals surface area contributed by atoms with Crippen molar-refractivity contribution in [2.24, 2.45) is 5.92 Å². The Morgan fingerprint density at radius 3 is 2.44 bits per heavy atom. The van der Waals surface area contributed by atoms with Gasteiger partial charge in [-0.2, -0.15) is 0 Å². The molecule has 3 aliphatic rings. The fraction of sp³-hybridized carbons (Fsp3) is 1.00. The number of fused-ring (bicyclic) bond motifs is 2.